The van der Waals surface area contributed by atoms with Crippen LogP contribution in [-0.4, -0.2) is 32.0 Å². The van der Waals surface area contributed by atoms with Crippen molar-refractivity contribution in [3.63, 3.8) is 0 Å². The van der Waals surface area contributed by atoms with E-state index in [-0.39, 0.29) is 11.8 Å². The number of carbonyl (C=O) groups is 2. The van der Waals surface area contributed by atoms with E-state index in [1.807, 2.05) is 92.0 Å². The minimum Gasteiger partial charge on any atom is -0.372 e. The van der Waals surface area contributed by atoms with Gasteiger partial charge in [-0.05, 0) is 54.8 Å². The lowest BCUT2D eigenvalue weighted by atomic mass is 10.0. The summed E-state index contributed by atoms with van der Waals surface area (Å²) in [6.45, 7) is 2.10. The summed E-state index contributed by atoms with van der Waals surface area (Å²) in [7, 11) is 1.83. The molecule has 2 amide bonds. The maximum atomic E-state index is 13.7. The van der Waals surface area contributed by atoms with Crippen molar-refractivity contribution in [1.29, 1.82) is 0 Å². The molecule has 3 aromatic carbocycles. The number of para-hydroxylation sites is 1. The molecule has 0 unspecified atom stereocenters. The van der Waals surface area contributed by atoms with Crippen molar-refractivity contribution in [3.8, 4) is 0 Å². The molecule has 0 spiro atoms. The molecule has 160 valence electrons. The molecule has 0 atom stereocenters. The molecule has 2 heterocycles. The normalized spacial score (nSPS) is 16.3. The minimum atomic E-state index is -0.311. The van der Waals surface area contributed by atoms with Crippen molar-refractivity contribution >= 4 is 34.4 Å². The molecule has 32 heavy (non-hydrogen) atoms. The Kier molecular flexibility index (Phi) is 5.23. The summed E-state index contributed by atoms with van der Waals surface area (Å²) < 4.78 is 0. The standard InChI is InChI=1S/C27H25N3O2/c1-28(21-12-6-3-7-13-21)25-24(20-10-4-2-5-11-20)26(31)30(27(25)32)23-16-14-22(15-17-23)29-18-8-9-19-29/h2-7,10-17H,8-9,18-19H2,1H3. The van der Waals surface area contributed by atoms with E-state index in [1.165, 1.54) is 17.7 Å². The summed E-state index contributed by atoms with van der Waals surface area (Å²) in [6, 6.07) is 26.8. The lowest BCUT2D eigenvalue weighted by Crippen LogP contribution is -2.34. The highest BCUT2D eigenvalue weighted by molar-refractivity contribution is 6.46. The maximum Gasteiger partial charge on any atom is 0.282 e. The summed E-state index contributed by atoms with van der Waals surface area (Å²) >= 11 is 0. The van der Waals surface area contributed by atoms with Gasteiger partial charge < -0.3 is 9.80 Å². The van der Waals surface area contributed by atoms with Gasteiger partial charge in [0.1, 0.15) is 5.70 Å². The van der Waals surface area contributed by atoms with Crippen LogP contribution in [0.3, 0.4) is 0 Å². The van der Waals surface area contributed by atoms with Gasteiger partial charge in [0.15, 0.2) is 0 Å². The Bertz CT molecular complexity index is 1160. The second kappa shape index (κ2) is 8.35. The van der Waals surface area contributed by atoms with Crippen LogP contribution in [0.2, 0.25) is 0 Å². The van der Waals surface area contributed by atoms with E-state index in [9.17, 15) is 9.59 Å². The number of benzene rings is 3. The van der Waals surface area contributed by atoms with Crippen LogP contribution in [0.25, 0.3) is 5.57 Å². The number of nitrogens with zero attached hydrogens (tertiary/aromatic N) is 3. The average Bonchev–Trinajstić information content (AvgIpc) is 3.46. The van der Waals surface area contributed by atoms with Crippen LogP contribution in [-0.2, 0) is 9.59 Å². The first-order valence-electron chi connectivity index (χ1n) is 11.0. The summed E-state index contributed by atoms with van der Waals surface area (Å²) in [5, 5.41) is 0. The average molecular weight is 424 g/mol. The van der Waals surface area contributed by atoms with E-state index in [1.54, 1.807) is 4.90 Å². The van der Waals surface area contributed by atoms with Crippen LogP contribution in [0.15, 0.2) is 90.6 Å². The minimum absolute atomic E-state index is 0.298. The van der Waals surface area contributed by atoms with E-state index < -0.39 is 0 Å². The summed E-state index contributed by atoms with van der Waals surface area (Å²) in [6.07, 6.45) is 2.40. The second-order valence-corrected chi connectivity index (χ2v) is 8.14. The van der Waals surface area contributed by atoms with Gasteiger partial charge in [0.25, 0.3) is 11.8 Å². The van der Waals surface area contributed by atoms with Gasteiger partial charge in [-0.3, -0.25) is 9.59 Å². The molecule has 0 N–H and O–H groups in total. The molecule has 3 aromatic rings. The van der Waals surface area contributed by atoms with Crippen LogP contribution in [0.5, 0.6) is 0 Å². The first kappa shape index (κ1) is 20.1. The molecule has 0 bridgehead atoms. The lowest BCUT2D eigenvalue weighted by molar-refractivity contribution is -0.120. The van der Waals surface area contributed by atoms with Crippen molar-refractivity contribution < 1.29 is 9.59 Å². The fourth-order valence-corrected chi connectivity index (χ4v) is 4.50. The third-order valence-corrected chi connectivity index (χ3v) is 6.18. The second-order valence-electron chi connectivity index (χ2n) is 8.14. The van der Waals surface area contributed by atoms with Crippen LogP contribution in [0.4, 0.5) is 17.1 Å². The predicted octanol–water partition coefficient (Wildman–Crippen LogP) is 4.71. The molecule has 5 rings (SSSR count). The molecule has 0 saturated carbocycles. The van der Waals surface area contributed by atoms with Crippen LogP contribution in [0.1, 0.15) is 18.4 Å². The van der Waals surface area contributed by atoms with Crippen molar-refractivity contribution in [2.75, 3.05) is 34.8 Å². The van der Waals surface area contributed by atoms with Gasteiger partial charge in [0.2, 0.25) is 0 Å². The molecular formula is C27H25N3O2. The highest BCUT2D eigenvalue weighted by atomic mass is 16.2. The zero-order valence-electron chi connectivity index (χ0n) is 18.1. The van der Waals surface area contributed by atoms with Gasteiger partial charge in [-0.15, -0.1) is 0 Å². The molecule has 1 fully saturated rings. The number of amides is 2. The molecular weight excluding hydrogens is 398 g/mol. The van der Waals surface area contributed by atoms with Gasteiger partial charge in [0.05, 0.1) is 11.3 Å². The monoisotopic (exact) mass is 423 g/mol. The number of imide groups is 1. The molecule has 5 heteroatoms. The maximum absolute atomic E-state index is 13.7. The van der Waals surface area contributed by atoms with E-state index >= 15 is 0 Å². The molecule has 5 nitrogen and oxygen atoms in total. The Morgan fingerprint density at radius 3 is 1.88 bits per heavy atom. The first-order valence-corrected chi connectivity index (χ1v) is 11.0. The Labute approximate surface area is 188 Å². The molecule has 0 aromatic heterocycles. The quantitative estimate of drug-likeness (QED) is 0.558. The summed E-state index contributed by atoms with van der Waals surface area (Å²) in [4.78, 5) is 32.7. The first-order chi connectivity index (χ1) is 15.6. The Hall–Kier alpha value is -3.86. The molecule has 0 aliphatic carbocycles. The third kappa shape index (κ3) is 3.46. The van der Waals surface area contributed by atoms with Crippen molar-refractivity contribution in [1.82, 2.24) is 0 Å². The van der Waals surface area contributed by atoms with Gasteiger partial charge in [-0.2, -0.15) is 0 Å². The summed E-state index contributed by atoms with van der Waals surface area (Å²) in [5.74, 6) is -0.609. The largest absolute Gasteiger partial charge is 0.372 e. The number of carbonyl (C=O) groups excluding carboxylic acids is 2. The SMILES string of the molecule is CN(C1=C(c2ccccc2)C(=O)N(c2ccc(N3CCCC3)cc2)C1=O)c1ccccc1. The van der Waals surface area contributed by atoms with Crippen molar-refractivity contribution in [2.24, 2.45) is 0 Å². The Balaban J connectivity index is 1.55. The molecule has 2 aliphatic rings. The van der Waals surface area contributed by atoms with E-state index in [0.29, 0.717) is 17.0 Å². The fourth-order valence-electron chi connectivity index (χ4n) is 4.50. The van der Waals surface area contributed by atoms with E-state index in [0.717, 1.165) is 30.0 Å². The fraction of sp³-hybridized carbons (Fsp3) is 0.185. The molecule has 0 radical (unpaired) electrons. The Morgan fingerprint density at radius 2 is 1.25 bits per heavy atom. The van der Waals surface area contributed by atoms with Crippen LogP contribution < -0.4 is 14.7 Å². The van der Waals surface area contributed by atoms with Gasteiger partial charge in [-0.1, -0.05) is 48.5 Å². The lowest BCUT2D eigenvalue weighted by Gasteiger charge is -2.22. The van der Waals surface area contributed by atoms with E-state index in [4.69, 9.17) is 0 Å². The number of hydrogen-bond donors (Lipinski definition) is 0. The van der Waals surface area contributed by atoms with Crippen LogP contribution >= 0.6 is 0 Å². The number of hydrogen-bond acceptors (Lipinski definition) is 4. The topological polar surface area (TPSA) is 43.9 Å². The van der Waals surface area contributed by atoms with Gasteiger partial charge in [0, 0.05) is 31.5 Å². The highest BCUT2D eigenvalue weighted by Gasteiger charge is 2.42. The van der Waals surface area contributed by atoms with Crippen molar-refractivity contribution in [3.05, 3.63) is 96.2 Å². The van der Waals surface area contributed by atoms with E-state index in [2.05, 4.69) is 4.90 Å². The van der Waals surface area contributed by atoms with Gasteiger partial charge in [-0.25, -0.2) is 4.90 Å². The number of likely N-dealkylation sites (N-methyl/N-ethyl adjacent to an activating group) is 1. The predicted molar refractivity (Wildman–Crippen MR) is 129 cm³/mol. The zero-order chi connectivity index (χ0) is 22.1. The highest BCUT2D eigenvalue weighted by Crippen LogP contribution is 2.36. The van der Waals surface area contributed by atoms with Gasteiger partial charge >= 0.3 is 0 Å². The molecule has 1 saturated heterocycles. The number of rotatable bonds is 5. The number of anilines is 3. The van der Waals surface area contributed by atoms with Crippen LogP contribution in [0, 0.1) is 0 Å². The zero-order valence-corrected chi connectivity index (χ0v) is 18.1. The smallest absolute Gasteiger partial charge is 0.282 e. The summed E-state index contributed by atoms with van der Waals surface area (Å²) in [5.41, 5.74) is 4.11. The third-order valence-electron chi connectivity index (χ3n) is 6.18. The van der Waals surface area contributed by atoms with Crippen molar-refractivity contribution in [2.45, 2.75) is 12.8 Å². The Morgan fingerprint density at radius 1 is 0.688 bits per heavy atom. The molecule has 2 aliphatic heterocycles.